The zero-order chi connectivity index (χ0) is 31.1. The van der Waals surface area contributed by atoms with E-state index >= 15 is 0 Å². The molecule has 0 saturated carbocycles. The molecule has 11 heteroatoms. The van der Waals surface area contributed by atoms with Crippen LogP contribution in [0.15, 0.2) is 84.9 Å². The van der Waals surface area contributed by atoms with Gasteiger partial charge in [-0.25, -0.2) is 9.59 Å². The second-order valence-corrected chi connectivity index (χ2v) is 10.2. The first-order valence-corrected chi connectivity index (χ1v) is 13.6. The predicted molar refractivity (Wildman–Crippen MR) is 151 cm³/mol. The van der Waals surface area contributed by atoms with Gasteiger partial charge in [0.15, 0.2) is 11.9 Å². The van der Waals surface area contributed by atoms with Gasteiger partial charge in [0, 0.05) is 23.1 Å². The Morgan fingerprint density at radius 2 is 1.40 bits per heavy atom. The van der Waals surface area contributed by atoms with E-state index in [0.29, 0.717) is 24.0 Å². The van der Waals surface area contributed by atoms with E-state index in [1.807, 2.05) is 36.4 Å². The molecule has 0 spiro atoms. The van der Waals surface area contributed by atoms with E-state index in [4.69, 9.17) is 9.47 Å². The van der Waals surface area contributed by atoms with Gasteiger partial charge in [-0.1, -0.05) is 84.9 Å². The molecule has 1 heterocycles. The van der Waals surface area contributed by atoms with Gasteiger partial charge in [0.1, 0.15) is 6.54 Å². The maximum atomic E-state index is 13.6. The second kappa shape index (κ2) is 13.4. The van der Waals surface area contributed by atoms with Gasteiger partial charge in [0.05, 0.1) is 6.61 Å². The number of ether oxygens (including phenoxy) is 2. The van der Waals surface area contributed by atoms with Crippen molar-refractivity contribution in [3.05, 3.63) is 107 Å². The molecular formula is C32H31NO10. The minimum atomic E-state index is -3.08. The summed E-state index contributed by atoms with van der Waals surface area (Å²) in [4.78, 5) is 62.7. The first kappa shape index (κ1) is 31.1. The number of carbonyl (C=O) groups is 5. The summed E-state index contributed by atoms with van der Waals surface area (Å²) in [6.07, 6.45) is -0.592. The van der Waals surface area contributed by atoms with E-state index in [1.54, 1.807) is 55.5 Å². The average molecular weight is 590 g/mol. The maximum Gasteiger partial charge on any atom is 0.377 e. The van der Waals surface area contributed by atoms with Crippen molar-refractivity contribution in [2.24, 2.45) is 0 Å². The van der Waals surface area contributed by atoms with Gasteiger partial charge in [0.25, 0.3) is 5.91 Å². The fraction of sp³-hybridized carbons (Fsp3) is 0.281. The Bertz CT molecular complexity index is 1460. The van der Waals surface area contributed by atoms with E-state index in [9.17, 15) is 39.3 Å². The summed E-state index contributed by atoms with van der Waals surface area (Å²) >= 11 is 0. The number of rotatable bonds is 13. The summed E-state index contributed by atoms with van der Waals surface area (Å²) < 4.78 is 10.0. The van der Waals surface area contributed by atoms with Crippen LogP contribution >= 0.6 is 0 Å². The summed E-state index contributed by atoms with van der Waals surface area (Å²) in [5.74, 6) is -9.81. The Kier molecular flexibility index (Phi) is 9.69. The molecule has 224 valence electrons. The topological polar surface area (TPSA) is 168 Å². The summed E-state index contributed by atoms with van der Waals surface area (Å²) in [6.45, 7) is 0.224. The molecule has 43 heavy (non-hydrogen) atoms. The Labute approximate surface area is 247 Å². The van der Waals surface area contributed by atoms with Crippen LogP contribution in [0.4, 0.5) is 0 Å². The summed E-state index contributed by atoms with van der Waals surface area (Å²) in [6, 6.07) is 24.5. The monoisotopic (exact) mass is 589 g/mol. The van der Waals surface area contributed by atoms with Gasteiger partial charge in [0.2, 0.25) is 0 Å². The quantitative estimate of drug-likeness (QED) is 0.199. The van der Waals surface area contributed by atoms with Crippen molar-refractivity contribution in [3.8, 4) is 0 Å². The van der Waals surface area contributed by atoms with Crippen LogP contribution in [-0.4, -0.2) is 80.9 Å². The van der Waals surface area contributed by atoms with Crippen LogP contribution in [0.3, 0.4) is 0 Å². The molecule has 3 unspecified atom stereocenters. The lowest BCUT2D eigenvalue weighted by atomic mass is 9.85. The molecule has 1 saturated heterocycles. The molecular weight excluding hydrogens is 558 g/mol. The van der Waals surface area contributed by atoms with Gasteiger partial charge in [-0.2, -0.15) is 0 Å². The van der Waals surface area contributed by atoms with Crippen molar-refractivity contribution < 1.29 is 48.8 Å². The van der Waals surface area contributed by atoms with Crippen molar-refractivity contribution in [3.63, 3.8) is 0 Å². The van der Waals surface area contributed by atoms with Crippen molar-refractivity contribution in [2.75, 3.05) is 13.2 Å². The van der Waals surface area contributed by atoms with E-state index in [-0.39, 0.29) is 5.78 Å². The van der Waals surface area contributed by atoms with Gasteiger partial charge < -0.3 is 29.7 Å². The second-order valence-electron chi connectivity index (χ2n) is 10.2. The number of aryl methyl sites for hydroxylation is 1. The number of hydrogen-bond donors (Lipinski definition) is 3. The van der Waals surface area contributed by atoms with Crippen LogP contribution < -0.4 is 0 Å². The van der Waals surface area contributed by atoms with Gasteiger partial charge in [-0.15, -0.1) is 0 Å². The fourth-order valence-corrected chi connectivity index (χ4v) is 5.16. The highest BCUT2D eigenvalue weighted by Crippen LogP contribution is 2.32. The van der Waals surface area contributed by atoms with Crippen LogP contribution in [-0.2, 0) is 35.1 Å². The first-order valence-electron chi connectivity index (χ1n) is 13.6. The third-order valence-corrected chi connectivity index (χ3v) is 7.47. The van der Waals surface area contributed by atoms with E-state index in [0.717, 1.165) is 16.0 Å². The zero-order valence-corrected chi connectivity index (χ0v) is 23.3. The standard InChI is InChI=1S/C32H31NO10/c1-20(33(18-27(34)35)29(37)26-19-42-32(43-26,30(38)39)31(40)41)25(17-12-21-8-4-2-5-9-21)22-13-15-24(16-14-22)28(36)23-10-6-3-7-11-23/h2-11,13-16,20,25-26H,12,17-19H2,1H3,(H,34,35)(H,38,39)(H,40,41). The number of carboxylic acid groups (broad SMARTS) is 3. The number of aliphatic carboxylic acids is 3. The van der Waals surface area contributed by atoms with Crippen molar-refractivity contribution in [1.82, 2.24) is 4.90 Å². The Hall–Kier alpha value is -4.87. The lowest BCUT2D eigenvalue weighted by Gasteiger charge is -2.35. The molecule has 1 fully saturated rings. The van der Waals surface area contributed by atoms with Crippen molar-refractivity contribution in [1.29, 1.82) is 0 Å². The molecule has 0 aliphatic carbocycles. The largest absolute Gasteiger partial charge is 0.480 e. The third kappa shape index (κ3) is 6.96. The molecule has 0 radical (unpaired) electrons. The number of carboxylic acids is 3. The van der Waals surface area contributed by atoms with Gasteiger partial charge in [-0.05, 0) is 30.9 Å². The number of hydrogen-bond acceptors (Lipinski definition) is 7. The highest BCUT2D eigenvalue weighted by Gasteiger charge is 2.58. The summed E-state index contributed by atoms with van der Waals surface area (Å²) in [5.41, 5.74) is 2.75. The number of nitrogens with zero attached hydrogens (tertiary/aromatic N) is 1. The predicted octanol–water partition coefficient (Wildman–Crippen LogP) is 3.22. The molecule has 11 nitrogen and oxygen atoms in total. The maximum absolute atomic E-state index is 13.6. The van der Waals surface area contributed by atoms with E-state index < -0.39 is 60.8 Å². The SMILES string of the molecule is CC(C(CCc1ccccc1)c1ccc(C(=O)c2ccccc2)cc1)N(CC(=O)O)C(=O)C1COC(C(=O)O)(C(=O)O)O1. The number of benzene rings is 3. The summed E-state index contributed by atoms with van der Waals surface area (Å²) in [5, 5.41) is 28.5. The van der Waals surface area contributed by atoms with Crippen LogP contribution in [0.2, 0.25) is 0 Å². The van der Waals surface area contributed by atoms with Crippen LogP contribution in [0.1, 0.15) is 46.3 Å². The Morgan fingerprint density at radius 1 is 0.837 bits per heavy atom. The molecule has 1 aliphatic heterocycles. The normalized spacial score (nSPS) is 17.0. The fourth-order valence-electron chi connectivity index (χ4n) is 5.16. The third-order valence-electron chi connectivity index (χ3n) is 7.47. The van der Waals surface area contributed by atoms with Crippen molar-refractivity contribution in [2.45, 2.75) is 43.6 Å². The summed E-state index contributed by atoms with van der Waals surface area (Å²) in [7, 11) is 0. The molecule has 3 N–H and O–H groups in total. The number of amides is 1. The van der Waals surface area contributed by atoms with Gasteiger partial charge in [-0.3, -0.25) is 14.4 Å². The molecule has 3 atom stereocenters. The molecule has 3 aromatic carbocycles. The lowest BCUT2D eigenvalue weighted by Crippen LogP contribution is -2.52. The molecule has 0 bridgehead atoms. The Morgan fingerprint density at radius 3 is 1.93 bits per heavy atom. The molecule has 0 aromatic heterocycles. The smallest absolute Gasteiger partial charge is 0.377 e. The highest BCUT2D eigenvalue weighted by atomic mass is 16.8. The lowest BCUT2D eigenvalue weighted by molar-refractivity contribution is -0.218. The zero-order valence-electron chi connectivity index (χ0n) is 23.3. The van der Waals surface area contributed by atoms with E-state index in [2.05, 4.69) is 0 Å². The molecule has 1 aliphatic rings. The first-order chi connectivity index (χ1) is 20.5. The molecule has 3 aromatic rings. The number of carbonyl (C=O) groups excluding carboxylic acids is 2. The van der Waals surface area contributed by atoms with Crippen LogP contribution in [0, 0.1) is 0 Å². The average Bonchev–Trinajstić information content (AvgIpc) is 3.48. The Balaban J connectivity index is 1.64. The van der Waals surface area contributed by atoms with Crippen LogP contribution in [0.25, 0.3) is 0 Å². The van der Waals surface area contributed by atoms with Crippen molar-refractivity contribution >= 4 is 29.6 Å². The molecule has 1 amide bonds. The minimum Gasteiger partial charge on any atom is -0.480 e. The highest BCUT2D eigenvalue weighted by molar-refractivity contribution is 6.09. The van der Waals surface area contributed by atoms with Crippen LogP contribution in [0.5, 0.6) is 0 Å². The van der Waals surface area contributed by atoms with Gasteiger partial charge >= 0.3 is 23.7 Å². The molecule has 4 rings (SSSR count). The minimum absolute atomic E-state index is 0.164. The van der Waals surface area contributed by atoms with E-state index in [1.165, 1.54) is 0 Å². The number of ketones is 1.